The van der Waals surface area contributed by atoms with Crippen LogP contribution in [0, 0.1) is 0 Å². The molecule has 1 fully saturated rings. The van der Waals surface area contributed by atoms with Crippen molar-refractivity contribution < 1.29 is 19.1 Å². The Morgan fingerprint density at radius 1 is 1.06 bits per heavy atom. The van der Waals surface area contributed by atoms with Crippen molar-refractivity contribution in [3.63, 3.8) is 0 Å². The Balaban J connectivity index is 1.59. The second kappa shape index (κ2) is 9.36. The van der Waals surface area contributed by atoms with Gasteiger partial charge in [0.05, 0.1) is 13.2 Å². The van der Waals surface area contributed by atoms with E-state index in [4.69, 9.17) is 4.74 Å². The van der Waals surface area contributed by atoms with E-state index >= 15 is 0 Å². The molecule has 0 saturated carbocycles. The van der Waals surface area contributed by atoms with E-state index in [2.05, 4.69) is 5.32 Å². The van der Waals surface area contributed by atoms with Crippen LogP contribution in [-0.4, -0.2) is 34.0 Å². The highest BCUT2D eigenvalue weighted by Gasteiger charge is 2.40. The summed E-state index contributed by atoms with van der Waals surface area (Å²) in [4.78, 5) is 39.3. The lowest BCUT2D eigenvalue weighted by Crippen LogP contribution is -2.34. The smallest absolute Gasteiger partial charge is 0.341 e. The summed E-state index contributed by atoms with van der Waals surface area (Å²) < 4.78 is 5.26. The van der Waals surface area contributed by atoms with E-state index in [1.54, 1.807) is 6.92 Å². The SMILES string of the molecule is CCOC(=O)c1c(-c2ccccc2)csc1NC1SC(=O)N(Cc2ccccc2)C1=O. The molecule has 0 spiro atoms. The van der Waals surface area contributed by atoms with Crippen LogP contribution in [-0.2, 0) is 16.1 Å². The monoisotopic (exact) mass is 452 g/mol. The number of nitrogens with one attached hydrogen (secondary N) is 1. The van der Waals surface area contributed by atoms with Crippen molar-refractivity contribution in [3.05, 3.63) is 77.2 Å². The molecule has 2 heterocycles. The number of ether oxygens (including phenoxy) is 1. The first-order valence-corrected chi connectivity index (χ1v) is 11.5. The first-order valence-electron chi connectivity index (χ1n) is 9.75. The van der Waals surface area contributed by atoms with Crippen molar-refractivity contribution in [2.24, 2.45) is 0 Å². The van der Waals surface area contributed by atoms with Gasteiger partial charge in [0.25, 0.3) is 11.1 Å². The highest BCUT2D eigenvalue weighted by molar-refractivity contribution is 8.15. The number of thioether (sulfide) groups is 1. The lowest BCUT2D eigenvalue weighted by Gasteiger charge is -2.15. The van der Waals surface area contributed by atoms with Crippen LogP contribution in [0.15, 0.2) is 66.0 Å². The van der Waals surface area contributed by atoms with Gasteiger partial charge < -0.3 is 10.1 Å². The van der Waals surface area contributed by atoms with E-state index in [1.165, 1.54) is 16.2 Å². The van der Waals surface area contributed by atoms with Gasteiger partial charge in [-0.15, -0.1) is 11.3 Å². The third kappa shape index (κ3) is 4.50. The van der Waals surface area contributed by atoms with Gasteiger partial charge in [-0.1, -0.05) is 60.7 Å². The minimum Gasteiger partial charge on any atom is -0.462 e. The van der Waals surface area contributed by atoms with Gasteiger partial charge in [-0.2, -0.15) is 0 Å². The van der Waals surface area contributed by atoms with Gasteiger partial charge in [0.2, 0.25) is 0 Å². The number of hydrogen-bond donors (Lipinski definition) is 1. The molecule has 6 nitrogen and oxygen atoms in total. The number of carbonyl (C=O) groups excluding carboxylic acids is 3. The molecule has 4 rings (SSSR count). The molecule has 1 saturated heterocycles. The van der Waals surface area contributed by atoms with Gasteiger partial charge in [0.15, 0.2) is 5.37 Å². The normalized spacial score (nSPS) is 15.9. The summed E-state index contributed by atoms with van der Waals surface area (Å²) in [6.45, 7) is 2.20. The molecule has 1 atom stereocenters. The number of anilines is 1. The van der Waals surface area contributed by atoms with E-state index in [0.29, 0.717) is 10.6 Å². The fraction of sp³-hybridized carbons (Fsp3) is 0.174. The number of amides is 2. The summed E-state index contributed by atoms with van der Waals surface area (Å²) in [5.41, 5.74) is 2.86. The van der Waals surface area contributed by atoms with Crippen molar-refractivity contribution >= 4 is 45.2 Å². The molecule has 31 heavy (non-hydrogen) atoms. The number of benzene rings is 2. The zero-order chi connectivity index (χ0) is 21.8. The molecular weight excluding hydrogens is 432 g/mol. The van der Waals surface area contributed by atoms with Crippen molar-refractivity contribution in [1.82, 2.24) is 4.90 Å². The zero-order valence-electron chi connectivity index (χ0n) is 16.7. The van der Waals surface area contributed by atoms with Crippen LogP contribution in [0.2, 0.25) is 0 Å². The van der Waals surface area contributed by atoms with E-state index in [1.807, 2.05) is 66.0 Å². The molecule has 0 bridgehead atoms. The van der Waals surface area contributed by atoms with Crippen LogP contribution in [0.25, 0.3) is 11.1 Å². The fourth-order valence-corrected chi connectivity index (χ4v) is 5.21. The molecule has 8 heteroatoms. The van der Waals surface area contributed by atoms with Gasteiger partial charge in [0.1, 0.15) is 10.6 Å². The quantitative estimate of drug-likeness (QED) is 0.495. The van der Waals surface area contributed by atoms with Gasteiger partial charge in [-0.05, 0) is 29.8 Å². The van der Waals surface area contributed by atoms with Crippen LogP contribution < -0.4 is 5.32 Å². The summed E-state index contributed by atoms with van der Waals surface area (Å²) in [6, 6.07) is 18.9. The largest absolute Gasteiger partial charge is 0.462 e. The van der Waals surface area contributed by atoms with Gasteiger partial charge >= 0.3 is 5.97 Å². The molecular formula is C23H20N2O4S2. The van der Waals surface area contributed by atoms with Crippen molar-refractivity contribution in [2.45, 2.75) is 18.8 Å². The maximum Gasteiger partial charge on any atom is 0.341 e. The van der Waals surface area contributed by atoms with Gasteiger partial charge in [-0.25, -0.2) is 4.79 Å². The Labute approximate surface area is 188 Å². The predicted octanol–water partition coefficient (Wildman–Crippen LogP) is 5.23. The molecule has 2 aromatic carbocycles. The van der Waals surface area contributed by atoms with E-state index in [-0.39, 0.29) is 24.3 Å². The number of thiophene rings is 1. The molecule has 0 radical (unpaired) electrons. The third-order valence-electron chi connectivity index (χ3n) is 4.73. The highest BCUT2D eigenvalue weighted by Crippen LogP contribution is 2.39. The number of rotatable bonds is 7. The average molecular weight is 453 g/mol. The van der Waals surface area contributed by atoms with E-state index in [9.17, 15) is 14.4 Å². The Kier molecular flexibility index (Phi) is 6.39. The highest BCUT2D eigenvalue weighted by atomic mass is 32.2. The Bertz CT molecular complexity index is 1100. The van der Waals surface area contributed by atoms with Crippen LogP contribution in [0.3, 0.4) is 0 Å². The van der Waals surface area contributed by atoms with Crippen molar-refractivity contribution in [2.75, 3.05) is 11.9 Å². The number of hydrogen-bond acceptors (Lipinski definition) is 7. The predicted molar refractivity (Wildman–Crippen MR) is 123 cm³/mol. The average Bonchev–Trinajstić information content (AvgIpc) is 3.32. The topological polar surface area (TPSA) is 75.7 Å². The molecule has 0 aliphatic carbocycles. The molecule has 3 aromatic rings. The number of imide groups is 1. The molecule has 1 aliphatic heterocycles. The molecule has 1 aliphatic rings. The van der Waals surface area contributed by atoms with E-state index in [0.717, 1.165) is 28.5 Å². The van der Waals surface area contributed by atoms with E-state index < -0.39 is 11.3 Å². The summed E-state index contributed by atoms with van der Waals surface area (Å²) >= 11 is 2.23. The standard InChI is InChI=1S/C23H20N2O4S2/c1-2-29-22(27)18-17(16-11-7-4-8-12-16)14-30-19(18)24-20-21(26)25(23(28)31-20)13-15-9-5-3-6-10-15/h3-12,14,20,24H,2,13H2,1H3. The Morgan fingerprint density at radius 3 is 2.42 bits per heavy atom. The summed E-state index contributed by atoms with van der Waals surface area (Å²) in [5.74, 6) is -0.795. The number of carbonyl (C=O) groups is 3. The van der Waals surface area contributed by atoms with Crippen molar-refractivity contribution in [1.29, 1.82) is 0 Å². The maximum atomic E-state index is 12.9. The van der Waals surface area contributed by atoms with Crippen LogP contribution in [0.4, 0.5) is 9.80 Å². The second-order valence-electron chi connectivity index (χ2n) is 6.76. The third-order valence-corrected chi connectivity index (χ3v) is 6.62. The second-order valence-corrected chi connectivity index (χ2v) is 8.69. The fourth-order valence-electron chi connectivity index (χ4n) is 3.27. The molecule has 1 aromatic heterocycles. The van der Waals surface area contributed by atoms with Crippen LogP contribution in [0.5, 0.6) is 0 Å². The minimum absolute atomic E-state index is 0.216. The van der Waals surface area contributed by atoms with Gasteiger partial charge in [-0.3, -0.25) is 14.5 Å². The molecule has 1 unspecified atom stereocenters. The number of nitrogens with zero attached hydrogens (tertiary/aromatic N) is 1. The molecule has 1 N–H and O–H groups in total. The Morgan fingerprint density at radius 2 is 1.74 bits per heavy atom. The summed E-state index contributed by atoms with van der Waals surface area (Å²) in [7, 11) is 0. The van der Waals surface area contributed by atoms with Crippen LogP contribution in [0.1, 0.15) is 22.8 Å². The maximum absolute atomic E-state index is 12.9. The summed E-state index contributed by atoms with van der Waals surface area (Å²) in [5, 5.41) is 4.36. The first-order chi connectivity index (χ1) is 15.1. The first kappa shape index (κ1) is 21.1. The minimum atomic E-state index is -0.799. The Hall–Kier alpha value is -3.10. The lowest BCUT2D eigenvalue weighted by molar-refractivity contribution is -0.126. The molecule has 158 valence electrons. The lowest BCUT2D eigenvalue weighted by atomic mass is 10.0. The van der Waals surface area contributed by atoms with Gasteiger partial charge in [0, 0.05) is 10.9 Å². The van der Waals surface area contributed by atoms with Crippen molar-refractivity contribution in [3.8, 4) is 11.1 Å². The molecule has 2 amide bonds. The summed E-state index contributed by atoms with van der Waals surface area (Å²) in [6.07, 6.45) is 0. The van der Waals surface area contributed by atoms with Crippen LogP contribution >= 0.6 is 23.1 Å². The number of esters is 1. The zero-order valence-corrected chi connectivity index (χ0v) is 18.4.